The number of carbonyl (C=O) groups excluding carboxylic acids is 2. The molecular formula is C46H23N3O3. The second-order valence-corrected chi connectivity index (χ2v) is 14.2. The molecule has 0 saturated heterocycles. The van der Waals surface area contributed by atoms with E-state index in [1.165, 1.54) is 15.7 Å². The van der Waals surface area contributed by atoms with E-state index in [0.29, 0.717) is 16.8 Å². The Morgan fingerprint density at radius 1 is 0.462 bits per heavy atom. The number of aromatic nitrogens is 2. The monoisotopic (exact) mass is 665 g/mol. The van der Waals surface area contributed by atoms with Crippen molar-refractivity contribution in [3.05, 3.63) is 144 Å². The van der Waals surface area contributed by atoms with Gasteiger partial charge in [-0.1, -0.05) is 84.9 Å². The van der Waals surface area contributed by atoms with Crippen LogP contribution >= 0.6 is 0 Å². The van der Waals surface area contributed by atoms with Crippen molar-refractivity contribution in [2.75, 3.05) is 4.90 Å². The molecule has 0 bridgehead atoms. The van der Waals surface area contributed by atoms with Crippen LogP contribution in [-0.2, 0) is 0 Å². The summed E-state index contributed by atoms with van der Waals surface area (Å²) in [7, 11) is 0. The van der Waals surface area contributed by atoms with Gasteiger partial charge in [-0.15, -0.1) is 0 Å². The molecular weight excluding hydrogens is 643 g/mol. The Balaban J connectivity index is 1.13. The quantitative estimate of drug-likeness (QED) is 0.108. The predicted octanol–water partition coefficient (Wildman–Crippen LogP) is 10.3. The lowest BCUT2D eigenvalue weighted by atomic mass is 9.81. The molecule has 1 atom stereocenters. The molecule has 6 heteroatoms. The van der Waals surface area contributed by atoms with E-state index in [9.17, 15) is 14.7 Å². The highest BCUT2D eigenvalue weighted by molar-refractivity contribution is 6.46. The van der Waals surface area contributed by atoms with Crippen molar-refractivity contribution in [3.8, 4) is 11.4 Å². The molecule has 3 heterocycles. The van der Waals surface area contributed by atoms with Gasteiger partial charge in [0.2, 0.25) is 0 Å². The van der Waals surface area contributed by atoms with Crippen LogP contribution in [0.1, 0.15) is 32.5 Å². The second-order valence-electron chi connectivity index (χ2n) is 14.2. The van der Waals surface area contributed by atoms with Gasteiger partial charge in [-0.05, 0) is 107 Å². The number of rotatable bonds is 1. The van der Waals surface area contributed by atoms with E-state index in [1.807, 2.05) is 59.2 Å². The van der Waals surface area contributed by atoms with Gasteiger partial charge in [0.05, 0.1) is 16.7 Å². The molecule has 2 aliphatic heterocycles. The number of nitrogens with zero attached hydrogens (tertiary/aromatic N) is 3. The van der Waals surface area contributed by atoms with Crippen LogP contribution in [0, 0.1) is 0 Å². The number of para-hydroxylation sites is 3. The fraction of sp³-hybridized carbons (Fsp3) is 0.0217. The molecule has 13 rings (SSSR count). The van der Waals surface area contributed by atoms with Crippen molar-refractivity contribution < 1.29 is 14.7 Å². The van der Waals surface area contributed by atoms with Crippen molar-refractivity contribution in [2.45, 2.75) is 6.23 Å². The van der Waals surface area contributed by atoms with E-state index in [1.54, 1.807) is 12.1 Å². The van der Waals surface area contributed by atoms with Crippen LogP contribution in [0.3, 0.4) is 0 Å². The number of imidazole rings is 1. The normalized spacial score (nSPS) is 15.6. The van der Waals surface area contributed by atoms with Crippen LogP contribution in [0.5, 0.6) is 0 Å². The minimum atomic E-state index is -0.854. The van der Waals surface area contributed by atoms with E-state index in [4.69, 9.17) is 4.98 Å². The zero-order valence-corrected chi connectivity index (χ0v) is 27.3. The first kappa shape index (κ1) is 26.9. The van der Waals surface area contributed by atoms with Crippen LogP contribution < -0.4 is 4.90 Å². The van der Waals surface area contributed by atoms with Crippen molar-refractivity contribution >= 4 is 104 Å². The topological polar surface area (TPSA) is 75.4 Å². The van der Waals surface area contributed by atoms with Crippen LogP contribution in [0.4, 0.5) is 5.69 Å². The lowest BCUT2D eigenvalue weighted by molar-refractivity contribution is 0.0893. The summed E-state index contributed by atoms with van der Waals surface area (Å²) < 4.78 is 1.95. The van der Waals surface area contributed by atoms with Crippen LogP contribution in [-0.4, -0.2) is 26.5 Å². The van der Waals surface area contributed by atoms with Crippen LogP contribution in [0.2, 0.25) is 0 Å². The van der Waals surface area contributed by atoms with Gasteiger partial charge in [0, 0.05) is 33.0 Å². The maximum Gasteiger partial charge on any atom is 0.265 e. The number of anilines is 1. The highest BCUT2D eigenvalue weighted by Crippen LogP contribution is 2.52. The minimum absolute atomic E-state index is 0.305. The largest absolute Gasteiger partial charge is 0.369 e. The van der Waals surface area contributed by atoms with Gasteiger partial charge in [0.1, 0.15) is 5.82 Å². The molecule has 1 aromatic heterocycles. The van der Waals surface area contributed by atoms with E-state index in [2.05, 4.69) is 60.7 Å². The van der Waals surface area contributed by atoms with E-state index in [0.717, 1.165) is 92.6 Å². The summed E-state index contributed by atoms with van der Waals surface area (Å²) in [6, 6.07) is 42.5. The molecule has 240 valence electrons. The number of carbonyl (C=O) groups is 2. The Morgan fingerprint density at radius 2 is 0.923 bits per heavy atom. The first-order valence-corrected chi connectivity index (χ1v) is 17.5. The predicted molar refractivity (Wildman–Crippen MR) is 208 cm³/mol. The molecule has 0 radical (unpaired) electrons. The number of benzene rings is 10. The van der Waals surface area contributed by atoms with Gasteiger partial charge < -0.3 is 5.11 Å². The summed E-state index contributed by atoms with van der Waals surface area (Å²) >= 11 is 0. The van der Waals surface area contributed by atoms with Gasteiger partial charge in [-0.25, -0.2) is 9.88 Å². The molecule has 0 saturated carbocycles. The molecule has 1 unspecified atom stereocenters. The third kappa shape index (κ3) is 2.91. The van der Waals surface area contributed by atoms with Gasteiger partial charge in [0.15, 0.2) is 6.23 Å². The first-order valence-electron chi connectivity index (χ1n) is 17.5. The maximum atomic E-state index is 14.0. The molecule has 1 N–H and O–H groups in total. The standard InChI is InChI=1S/C46H23N3O3/c50-44-33-20-16-29-25-12-10-23-27-14-18-31-41-32(46(52)49-36-9-5-4-8-35(36)47-43(31)49)19-15-28(39(27)41)24-11-13-26(38(25)37(23)24)30-17-21-34(42(33)40(29)30)45(51)48(44)22-6-2-1-3-7-22/h1-21,46,52H. The number of aliphatic hydroxyl groups excluding tert-OH is 1. The number of aliphatic hydroxyl groups is 1. The lowest BCUT2D eigenvalue weighted by Gasteiger charge is -2.29. The first-order chi connectivity index (χ1) is 25.6. The summed E-state index contributed by atoms with van der Waals surface area (Å²) in [5, 5.41) is 26.9. The number of imide groups is 1. The fourth-order valence-corrected chi connectivity index (χ4v) is 9.83. The smallest absolute Gasteiger partial charge is 0.265 e. The van der Waals surface area contributed by atoms with Crippen LogP contribution in [0.15, 0.2) is 127 Å². The van der Waals surface area contributed by atoms with Gasteiger partial charge in [-0.2, -0.15) is 0 Å². The van der Waals surface area contributed by atoms with Crippen molar-refractivity contribution in [1.29, 1.82) is 0 Å². The number of hydrogen-bond acceptors (Lipinski definition) is 4. The molecule has 6 nitrogen and oxygen atoms in total. The Bertz CT molecular complexity index is 3350. The zero-order chi connectivity index (χ0) is 34.1. The van der Waals surface area contributed by atoms with Crippen LogP contribution in [0.25, 0.3) is 97.8 Å². The summed E-state index contributed by atoms with van der Waals surface area (Å²) in [5.41, 5.74) is 5.32. The Kier molecular flexibility index (Phi) is 4.59. The van der Waals surface area contributed by atoms with Crippen molar-refractivity contribution in [1.82, 2.24) is 9.55 Å². The minimum Gasteiger partial charge on any atom is -0.369 e. The Hall–Kier alpha value is -6.89. The summed E-state index contributed by atoms with van der Waals surface area (Å²) in [5.74, 6) is 0.169. The second kappa shape index (κ2) is 8.87. The molecule has 11 aromatic rings. The lowest BCUT2D eigenvalue weighted by Crippen LogP contribution is -2.40. The molecule has 52 heavy (non-hydrogen) atoms. The summed E-state index contributed by atoms with van der Waals surface area (Å²) in [6.45, 7) is 0. The van der Waals surface area contributed by atoms with E-state index in [-0.39, 0.29) is 11.8 Å². The number of fused-ring (bicyclic) bond motifs is 8. The maximum absolute atomic E-state index is 14.0. The Labute approximate surface area is 294 Å². The highest BCUT2D eigenvalue weighted by Gasteiger charge is 2.36. The fourth-order valence-electron chi connectivity index (χ4n) is 9.83. The summed E-state index contributed by atoms with van der Waals surface area (Å²) in [4.78, 5) is 34.3. The third-order valence-corrected chi connectivity index (χ3v) is 11.9. The number of amides is 2. The molecule has 0 spiro atoms. The zero-order valence-electron chi connectivity index (χ0n) is 27.3. The molecule has 2 amide bonds. The molecule has 0 aliphatic carbocycles. The van der Waals surface area contributed by atoms with Gasteiger partial charge in [-0.3, -0.25) is 14.2 Å². The van der Waals surface area contributed by atoms with Crippen molar-refractivity contribution in [2.24, 2.45) is 0 Å². The number of hydrogen-bond donors (Lipinski definition) is 1. The molecule has 2 aliphatic rings. The van der Waals surface area contributed by atoms with Gasteiger partial charge in [0.25, 0.3) is 11.8 Å². The van der Waals surface area contributed by atoms with Crippen molar-refractivity contribution in [3.63, 3.8) is 0 Å². The summed E-state index contributed by atoms with van der Waals surface area (Å²) in [6.07, 6.45) is -0.854. The van der Waals surface area contributed by atoms with E-state index >= 15 is 0 Å². The molecule has 0 fully saturated rings. The van der Waals surface area contributed by atoms with Gasteiger partial charge >= 0.3 is 0 Å². The SMILES string of the molecule is O=C1c2ccc3c4ccc5c6ccc7c8c(ccc(c9ccc(c%10ccc(c2c3%10)C(=O)N1c1ccccc1)c4c59)c86)C(O)n1c-7nc2ccccc21. The third-order valence-electron chi connectivity index (χ3n) is 11.9. The molecule has 10 aromatic carbocycles. The Morgan fingerprint density at radius 3 is 1.52 bits per heavy atom. The average molecular weight is 666 g/mol. The highest BCUT2D eigenvalue weighted by atomic mass is 16.3. The van der Waals surface area contributed by atoms with E-state index < -0.39 is 6.23 Å². The average Bonchev–Trinajstić information content (AvgIpc) is 3.58.